The molecule has 1 unspecified atom stereocenters. The van der Waals surface area contributed by atoms with Crippen molar-refractivity contribution < 1.29 is 0 Å². The summed E-state index contributed by atoms with van der Waals surface area (Å²) >= 11 is 0. The van der Waals surface area contributed by atoms with E-state index in [1.807, 2.05) is 16.9 Å². The number of nitrogens with zero attached hydrogens (tertiary/aromatic N) is 3. The second kappa shape index (κ2) is 6.92. The third kappa shape index (κ3) is 4.19. The second-order valence-electron chi connectivity index (χ2n) is 6.70. The molecule has 0 amide bonds. The molecule has 0 bridgehead atoms. The molecule has 116 valence electrons. The predicted octanol–water partition coefficient (Wildman–Crippen LogP) is 4.48. The molecule has 2 rings (SSSR count). The minimum absolute atomic E-state index is 0.430. The summed E-state index contributed by atoms with van der Waals surface area (Å²) in [5, 5.41) is 8.14. The van der Waals surface area contributed by atoms with Crippen molar-refractivity contribution in [2.45, 2.75) is 65.8 Å². The summed E-state index contributed by atoms with van der Waals surface area (Å²) in [5.41, 5.74) is 2.18. The number of fused-ring (bicyclic) bond motifs is 1. The van der Waals surface area contributed by atoms with Crippen molar-refractivity contribution in [1.82, 2.24) is 14.6 Å². The third-order valence-corrected chi connectivity index (χ3v) is 3.80. The maximum Gasteiger partial charge on any atom is 0.152 e. The van der Waals surface area contributed by atoms with Gasteiger partial charge in [-0.3, -0.25) is 0 Å². The monoisotopic (exact) mass is 288 g/mol. The Morgan fingerprint density at radius 2 is 1.90 bits per heavy atom. The highest BCUT2D eigenvalue weighted by Gasteiger charge is 2.11. The third-order valence-electron chi connectivity index (χ3n) is 3.80. The summed E-state index contributed by atoms with van der Waals surface area (Å²) in [5.74, 6) is 2.15. The highest BCUT2D eigenvalue weighted by atomic mass is 15.2. The van der Waals surface area contributed by atoms with Crippen LogP contribution in [0.15, 0.2) is 18.5 Å². The fourth-order valence-electron chi connectivity index (χ4n) is 2.47. The van der Waals surface area contributed by atoms with Gasteiger partial charge in [0.25, 0.3) is 0 Å². The molecule has 2 aromatic rings. The molecule has 0 fully saturated rings. The van der Waals surface area contributed by atoms with E-state index in [1.165, 1.54) is 19.3 Å². The fourth-order valence-corrected chi connectivity index (χ4v) is 2.47. The predicted molar refractivity (Wildman–Crippen MR) is 88.8 cm³/mol. The summed E-state index contributed by atoms with van der Waals surface area (Å²) in [7, 11) is 0. The Morgan fingerprint density at radius 3 is 2.57 bits per heavy atom. The maximum absolute atomic E-state index is 4.60. The van der Waals surface area contributed by atoms with Gasteiger partial charge >= 0.3 is 0 Å². The molecule has 2 aromatic heterocycles. The van der Waals surface area contributed by atoms with Crippen molar-refractivity contribution in [2.24, 2.45) is 5.92 Å². The molecule has 0 aliphatic carbocycles. The first-order chi connectivity index (χ1) is 9.97. The van der Waals surface area contributed by atoms with Crippen molar-refractivity contribution >= 4 is 11.3 Å². The maximum atomic E-state index is 4.60. The van der Waals surface area contributed by atoms with Crippen LogP contribution in [0.4, 0.5) is 5.82 Å². The topological polar surface area (TPSA) is 42.2 Å². The van der Waals surface area contributed by atoms with Crippen LogP contribution in [0.2, 0.25) is 0 Å². The van der Waals surface area contributed by atoms with Gasteiger partial charge in [0, 0.05) is 18.4 Å². The summed E-state index contributed by atoms with van der Waals surface area (Å²) < 4.78 is 1.92. The van der Waals surface area contributed by atoms with Gasteiger partial charge in [0.15, 0.2) is 5.82 Å². The lowest BCUT2D eigenvalue weighted by molar-refractivity contribution is 0.520. The standard InChI is InChI=1S/C17H28N4/c1-12(2)7-6-8-14(5)19-17-16-11-15(13(3)4)20-21(16)10-9-18-17/h9-14H,6-8H2,1-5H3,(H,18,19). The lowest BCUT2D eigenvalue weighted by atomic mass is 10.0. The Balaban J connectivity index is 2.07. The van der Waals surface area contributed by atoms with Gasteiger partial charge in [0.2, 0.25) is 0 Å². The highest BCUT2D eigenvalue weighted by Crippen LogP contribution is 2.21. The van der Waals surface area contributed by atoms with Crippen molar-refractivity contribution in [3.63, 3.8) is 0 Å². The molecule has 0 aliphatic rings. The van der Waals surface area contributed by atoms with E-state index in [0.717, 1.165) is 22.9 Å². The number of rotatable bonds is 7. The van der Waals surface area contributed by atoms with Gasteiger partial charge in [-0.15, -0.1) is 0 Å². The molecule has 0 aliphatic heterocycles. The minimum atomic E-state index is 0.430. The van der Waals surface area contributed by atoms with E-state index in [1.54, 1.807) is 0 Å². The van der Waals surface area contributed by atoms with Gasteiger partial charge in [-0.25, -0.2) is 9.50 Å². The molecule has 1 atom stereocenters. The van der Waals surface area contributed by atoms with Gasteiger partial charge in [-0.1, -0.05) is 40.5 Å². The van der Waals surface area contributed by atoms with E-state index >= 15 is 0 Å². The normalized spacial score (nSPS) is 13.3. The van der Waals surface area contributed by atoms with E-state index in [2.05, 4.69) is 56.1 Å². The molecule has 0 saturated carbocycles. The molecule has 0 saturated heterocycles. The number of hydrogen-bond acceptors (Lipinski definition) is 3. The molecule has 1 N–H and O–H groups in total. The van der Waals surface area contributed by atoms with Crippen LogP contribution in [0.3, 0.4) is 0 Å². The van der Waals surface area contributed by atoms with Crippen LogP contribution in [0.5, 0.6) is 0 Å². The summed E-state index contributed by atoms with van der Waals surface area (Å²) in [6.45, 7) is 11.1. The Morgan fingerprint density at radius 1 is 1.14 bits per heavy atom. The van der Waals surface area contributed by atoms with Crippen molar-refractivity contribution in [3.05, 3.63) is 24.2 Å². The number of aromatic nitrogens is 3. The van der Waals surface area contributed by atoms with Crippen LogP contribution in [0.25, 0.3) is 5.52 Å². The largest absolute Gasteiger partial charge is 0.366 e. The van der Waals surface area contributed by atoms with Crippen LogP contribution >= 0.6 is 0 Å². The highest BCUT2D eigenvalue weighted by molar-refractivity contribution is 5.68. The van der Waals surface area contributed by atoms with Gasteiger partial charge in [0.05, 0.1) is 5.69 Å². The van der Waals surface area contributed by atoms with Crippen LogP contribution in [-0.4, -0.2) is 20.6 Å². The molecule has 0 aromatic carbocycles. The smallest absolute Gasteiger partial charge is 0.152 e. The van der Waals surface area contributed by atoms with Gasteiger partial charge in [-0.05, 0) is 31.2 Å². The molecule has 0 spiro atoms. The Labute approximate surface area is 128 Å². The average molecular weight is 288 g/mol. The lowest BCUT2D eigenvalue weighted by Gasteiger charge is -2.15. The first-order valence-corrected chi connectivity index (χ1v) is 8.08. The summed E-state index contributed by atoms with van der Waals surface area (Å²) in [4.78, 5) is 4.49. The zero-order valence-corrected chi connectivity index (χ0v) is 13.9. The van der Waals surface area contributed by atoms with Crippen LogP contribution in [0, 0.1) is 5.92 Å². The Kier molecular flexibility index (Phi) is 5.21. The quantitative estimate of drug-likeness (QED) is 0.816. The Bertz CT molecular complexity index is 571. The zero-order valence-electron chi connectivity index (χ0n) is 13.9. The first kappa shape index (κ1) is 15.8. The lowest BCUT2D eigenvalue weighted by Crippen LogP contribution is -2.16. The van der Waals surface area contributed by atoms with Crippen molar-refractivity contribution in [2.75, 3.05) is 5.32 Å². The minimum Gasteiger partial charge on any atom is -0.366 e. The molecular weight excluding hydrogens is 260 g/mol. The van der Waals surface area contributed by atoms with E-state index in [0.29, 0.717) is 12.0 Å². The fraction of sp³-hybridized carbons (Fsp3) is 0.647. The molecule has 2 heterocycles. The van der Waals surface area contributed by atoms with E-state index < -0.39 is 0 Å². The molecule has 4 heteroatoms. The van der Waals surface area contributed by atoms with Gasteiger partial charge in [0.1, 0.15) is 5.52 Å². The molecular formula is C17H28N4. The van der Waals surface area contributed by atoms with Crippen LogP contribution in [-0.2, 0) is 0 Å². The second-order valence-corrected chi connectivity index (χ2v) is 6.70. The Hall–Kier alpha value is -1.58. The van der Waals surface area contributed by atoms with Crippen molar-refractivity contribution in [1.29, 1.82) is 0 Å². The van der Waals surface area contributed by atoms with E-state index in [4.69, 9.17) is 0 Å². The number of hydrogen-bond donors (Lipinski definition) is 1. The summed E-state index contributed by atoms with van der Waals surface area (Å²) in [6.07, 6.45) is 7.44. The van der Waals surface area contributed by atoms with Crippen LogP contribution < -0.4 is 5.32 Å². The molecule has 21 heavy (non-hydrogen) atoms. The zero-order chi connectivity index (χ0) is 15.4. The average Bonchev–Trinajstić information content (AvgIpc) is 2.83. The number of nitrogens with one attached hydrogen (secondary N) is 1. The first-order valence-electron chi connectivity index (χ1n) is 8.08. The van der Waals surface area contributed by atoms with Gasteiger partial charge in [-0.2, -0.15) is 5.10 Å². The number of anilines is 1. The SMILES string of the molecule is CC(C)CCCC(C)Nc1nccn2nc(C(C)C)cc12. The van der Waals surface area contributed by atoms with E-state index in [-0.39, 0.29) is 0 Å². The van der Waals surface area contributed by atoms with E-state index in [9.17, 15) is 0 Å². The van der Waals surface area contributed by atoms with Crippen molar-refractivity contribution in [3.8, 4) is 0 Å². The molecule has 4 nitrogen and oxygen atoms in total. The van der Waals surface area contributed by atoms with Crippen LogP contribution in [0.1, 0.15) is 65.5 Å². The van der Waals surface area contributed by atoms with Gasteiger partial charge < -0.3 is 5.32 Å². The summed E-state index contributed by atoms with van der Waals surface area (Å²) in [6, 6.07) is 2.57. The molecule has 0 radical (unpaired) electrons.